The van der Waals surface area contributed by atoms with Crippen LogP contribution >= 0.6 is 0 Å². The van der Waals surface area contributed by atoms with Crippen molar-refractivity contribution in [2.75, 3.05) is 6.61 Å². The van der Waals surface area contributed by atoms with Crippen LogP contribution in [0.3, 0.4) is 0 Å². The number of alkyl halides is 1. The number of nitrogens with zero attached hydrogens (tertiary/aromatic N) is 2. The first-order valence-corrected chi connectivity index (χ1v) is 4.59. The zero-order valence-electron chi connectivity index (χ0n) is 7.93. The molecule has 1 saturated carbocycles. The van der Waals surface area contributed by atoms with Crippen LogP contribution in [0.4, 0.5) is 4.39 Å². The third-order valence-electron chi connectivity index (χ3n) is 2.20. The zero-order chi connectivity index (χ0) is 10.9. The Balaban J connectivity index is 1.92. The highest BCUT2D eigenvalue weighted by Crippen LogP contribution is 2.39. The molecule has 0 aliphatic heterocycles. The normalized spacial score (nSPS) is 17.3. The second kappa shape index (κ2) is 3.75. The minimum Gasteiger partial charge on any atom is -0.460 e. The average molecular weight is 212 g/mol. The Bertz CT molecular complexity index is 342. The van der Waals surface area contributed by atoms with E-state index in [1.165, 1.54) is 12.4 Å². The second-order valence-corrected chi connectivity index (χ2v) is 3.61. The summed E-state index contributed by atoms with van der Waals surface area (Å²) >= 11 is 0. The molecule has 1 fully saturated rings. The van der Waals surface area contributed by atoms with Crippen LogP contribution in [0.5, 0.6) is 6.01 Å². The number of ether oxygens (including phenoxy) is 1. The molecule has 0 aromatic carbocycles. The van der Waals surface area contributed by atoms with Crippen LogP contribution in [0.2, 0.25) is 0 Å². The summed E-state index contributed by atoms with van der Waals surface area (Å²) in [6, 6.07) is 0.0447. The van der Waals surface area contributed by atoms with E-state index in [2.05, 4.69) is 9.97 Å². The quantitative estimate of drug-likeness (QED) is 0.628. The van der Waals surface area contributed by atoms with Gasteiger partial charge in [-0.25, -0.2) is 14.4 Å². The van der Waals surface area contributed by atoms with Crippen molar-refractivity contribution >= 4 is 12.6 Å². The third-order valence-corrected chi connectivity index (χ3v) is 2.20. The smallest absolute Gasteiger partial charge is 0.460 e. The van der Waals surface area contributed by atoms with Gasteiger partial charge in [0.25, 0.3) is 0 Å². The van der Waals surface area contributed by atoms with Crippen molar-refractivity contribution in [2.45, 2.75) is 18.5 Å². The van der Waals surface area contributed by atoms with Gasteiger partial charge >= 0.3 is 13.1 Å². The average Bonchev–Trinajstić information content (AvgIpc) is 2.95. The minimum atomic E-state index is -1.60. The molecule has 1 aliphatic rings. The van der Waals surface area contributed by atoms with Crippen molar-refractivity contribution < 1.29 is 19.2 Å². The topological polar surface area (TPSA) is 75.5 Å². The maximum atomic E-state index is 13.1. The van der Waals surface area contributed by atoms with Gasteiger partial charge in [0.1, 0.15) is 12.3 Å². The summed E-state index contributed by atoms with van der Waals surface area (Å²) in [6.07, 6.45) is 3.48. The Kier molecular flexibility index (Phi) is 2.58. The van der Waals surface area contributed by atoms with Gasteiger partial charge in [0.05, 0.1) is 0 Å². The van der Waals surface area contributed by atoms with Gasteiger partial charge in [0.15, 0.2) is 0 Å². The van der Waals surface area contributed by atoms with Crippen LogP contribution in [-0.2, 0) is 0 Å². The first-order valence-electron chi connectivity index (χ1n) is 4.59. The number of aromatic nitrogens is 2. The monoisotopic (exact) mass is 212 g/mol. The van der Waals surface area contributed by atoms with Crippen molar-refractivity contribution in [2.24, 2.45) is 0 Å². The Labute approximate surface area is 86.1 Å². The second-order valence-electron chi connectivity index (χ2n) is 3.61. The van der Waals surface area contributed by atoms with Gasteiger partial charge in [0, 0.05) is 17.9 Å². The molecule has 2 N–H and O–H groups in total. The summed E-state index contributed by atoms with van der Waals surface area (Å²) in [4.78, 5) is 7.42. The molecule has 0 radical (unpaired) electrons. The summed E-state index contributed by atoms with van der Waals surface area (Å²) in [5.41, 5.74) is -1.04. The molecule has 1 aromatic rings. The van der Waals surface area contributed by atoms with E-state index in [4.69, 9.17) is 14.8 Å². The lowest BCUT2D eigenvalue weighted by Crippen LogP contribution is -2.30. The van der Waals surface area contributed by atoms with Crippen LogP contribution in [0.1, 0.15) is 12.8 Å². The summed E-state index contributed by atoms with van der Waals surface area (Å²) in [5.74, 6) is 0. The van der Waals surface area contributed by atoms with Crippen LogP contribution in [-0.4, -0.2) is 39.4 Å². The highest BCUT2D eigenvalue weighted by atomic mass is 19.1. The lowest BCUT2D eigenvalue weighted by molar-refractivity contribution is 0.167. The molecule has 0 bridgehead atoms. The number of halogens is 1. The molecule has 1 heterocycles. The van der Waals surface area contributed by atoms with Gasteiger partial charge in [-0.3, -0.25) is 0 Å². The van der Waals surface area contributed by atoms with Crippen LogP contribution in [0.15, 0.2) is 12.4 Å². The maximum absolute atomic E-state index is 13.1. The van der Waals surface area contributed by atoms with Crippen LogP contribution < -0.4 is 10.2 Å². The van der Waals surface area contributed by atoms with E-state index in [-0.39, 0.29) is 18.1 Å². The molecule has 0 amide bonds. The number of rotatable bonds is 4. The first-order chi connectivity index (χ1) is 7.09. The van der Waals surface area contributed by atoms with E-state index in [0.29, 0.717) is 12.8 Å². The molecule has 0 saturated heterocycles. The largest absolute Gasteiger partial charge is 0.491 e. The number of hydrogen-bond acceptors (Lipinski definition) is 5. The highest BCUT2D eigenvalue weighted by Gasteiger charge is 2.44. The van der Waals surface area contributed by atoms with Crippen molar-refractivity contribution in [1.29, 1.82) is 0 Å². The minimum absolute atomic E-state index is 0.0447. The van der Waals surface area contributed by atoms with Gasteiger partial charge < -0.3 is 14.8 Å². The first kappa shape index (κ1) is 10.3. The van der Waals surface area contributed by atoms with E-state index in [9.17, 15) is 4.39 Å². The zero-order valence-corrected chi connectivity index (χ0v) is 7.93. The van der Waals surface area contributed by atoms with Crippen molar-refractivity contribution in [1.82, 2.24) is 9.97 Å². The predicted molar refractivity (Wildman–Crippen MR) is 50.4 cm³/mol. The van der Waals surface area contributed by atoms with Gasteiger partial charge in [-0.2, -0.15) is 0 Å². The molecule has 2 rings (SSSR count). The van der Waals surface area contributed by atoms with Gasteiger partial charge in [0.2, 0.25) is 0 Å². The third kappa shape index (κ3) is 2.63. The predicted octanol–water partition coefficient (Wildman–Crippen LogP) is -0.963. The Morgan fingerprint density at radius 1 is 1.40 bits per heavy atom. The summed E-state index contributed by atoms with van der Waals surface area (Å²) < 4.78 is 18.1. The van der Waals surface area contributed by atoms with E-state index in [0.717, 1.165) is 0 Å². The molecule has 0 spiro atoms. The molecule has 1 aromatic heterocycles. The van der Waals surface area contributed by atoms with Crippen molar-refractivity contribution in [3.63, 3.8) is 0 Å². The molecule has 15 heavy (non-hydrogen) atoms. The SMILES string of the molecule is OB(O)c1cnc(OCC2(F)CC2)nc1. The fourth-order valence-electron chi connectivity index (χ4n) is 1.01. The lowest BCUT2D eigenvalue weighted by atomic mass is 9.83. The van der Waals surface area contributed by atoms with Crippen LogP contribution in [0.25, 0.3) is 0 Å². The molecule has 7 heteroatoms. The Morgan fingerprint density at radius 3 is 2.47 bits per heavy atom. The molecule has 1 aliphatic carbocycles. The van der Waals surface area contributed by atoms with E-state index >= 15 is 0 Å². The molecular weight excluding hydrogens is 202 g/mol. The Morgan fingerprint density at radius 2 is 2.00 bits per heavy atom. The summed E-state index contributed by atoms with van der Waals surface area (Å²) in [6.45, 7) is -0.0476. The fourth-order valence-corrected chi connectivity index (χ4v) is 1.01. The maximum Gasteiger partial charge on any atom is 0.491 e. The van der Waals surface area contributed by atoms with Gasteiger partial charge in [-0.1, -0.05) is 0 Å². The summed E-state index contributed by atoms with van der Waals surface area (Å²) in [5, 5.41) is 17.5. The lowest BCUT2D eigenvalue weighted by Gasteiger charge is -2.06. The molecule has 0 unspecified atom stereocenters. The molecule has 0 atom stereocenters. The summed E-state index contributed by atoms with van der Waals surface area (Å²) in [7, 11) is -1.60. The molecule has 5 nitrogen and oxygen atoms in total. The van der Waals surface area contributed by atoms with E-state index in [1.54, 1.807) is 0 Å². The molecular formula is C8H10BFN2O3. The van der Waals surface area contributed by atoms with E-state index in [1.807, 2.05) is 0 Å². The van der Waals surface area contributed by atoms with E-state index < -0.39 is 12.8 Å². The van der Waals surface area contributed by atoms with Crippen molar-refractivity contribution in [3.8, 4) is 6.01 Å². The number of hydrogen-bond donors (Lipinski definition) is 2. The van der Waals surface area contributed by atoms with Crippen LogP contribution in [0, 0.1) is 0 Å². The fraction of sp³-hybridized carbons (Fsp3) is 0.500. The van der Waals surface area contributed by atoms with Gasteiger partial charge in [-0.15, -0.1) is 0 Å². The highest BCUT2D eigenvalue weighted by molar-refractivity contribution is 6.58. The molecule has 80 valence electrons. The van der Waals surface area contributed by atoms with Gasteiger partial charge in [-0.05, 0) is 12.8 Å². The van der Waals surface area contributed by atoms with Crippen molar-refractivity contribution in [3.05, 3.63) is 12.4 Å². The standard InChI is InChI=1S/C8H10BFN2O3/c10-8(1-2-8)5-15-7-11-3-6(4-12-7)9(13)14/h3-4,13-14H,1-2,5H2. The Hall–Kier alpha value is -1.21.